The summed E-state index contributed by atoms with van der Waals surface area (Å²) in [6.45, 7) is 5.27. The molecular formula is C21H26ClN4O2+. The fourth-order valence-electron chi connectivity index (χ4n) is 3.71. The van der Waals surface area contributed by atoms with Crippen LogP contribution < -0.4 is 20.4 Å². The summed E-state index contributed by atoms with van der Waals surface area (Å²) in [5.74, 6) is -0.284. The van der Waals surface area contributed by atoms with Crippen LogP contribution in [0.4, 0.5) is 10.5 Å². The minimum absolute atomic E-state index is 0.284. The van der Waals surface area contributed by atoms with Crippen LogP contribution >= 0.6 is 11.6 Å². The van der Waals surface area contributed by atoms with E-state index in [9.17, 15) is 9.59 Å². The Kier molecular flexibility index (Phi) is 6.54. The van der Waals surface area contributed by atoms with Crippen molar-refractivity contribution in [3.63, 3.8) is 0 Å². The van der Waals surface area contributed by atoms with E-state index in [0.29, 0.717) is 0 Å². The van der Waals surface area contributed by atoms with Crippen molar-refractivity contribution in [3.8, 4) is 0 Å². The normalized spacial score (nSPS) is 15.8. The molecule has 3 amide bonds. The molecule has 0 bridgehead atoms. The zero-order valence-electron chi connectivity index (χ0n) is 16.2. The number of benzene rings is 2. The number of aryl methyl sites for hydroxylation is 1. The minimum atomic E-state index is -0.487. The molecule has 2 aromatic carbocycles. The Labute approximate surface area is 170 Å². The first-order valence-electron chi connectivity index (χ1n) is 9.43. The van der Waals surface area contributed by atoms with Gasteiger partial charge in [-0.25, -0.2) is 4.79 Å². The Morgan fingerprint density at radius 3 is 2.43 bits per heavy atom. The summed E-state index contributed by atoms with van der Waals surface area (Å²) in [6.07, 6.45) is 0. The number of urea groups is 1. The lowest BCUT2D eigenvalue weighted by molar-refractivity contribution is -0.922. The number of amides is 3. The molecule has 0 unspecified atom stereocenters. The SMILES string of the molecule is CNC(=O)NC(=O)[C@H](c1ccccc1)[NH+]1CCN(c2cc(Cl)ccc2C)CC1. The van der Waals surface area contributed by atoms with E-state index in [0.717, 1.165) is 47.4 Å². The highest BCUT2D eigenvalue weighted by atomic mass is 35.5. The van der Waals surface area contributed by atoms with Crippen molar-refractivity contribution < 1.29 is 14.5 Å². The zero-order chi connectivity index (χ0) is 20.1. The van der Waals surface area contributed by atoms with Gasteiger partial charge in [-0.2, -0.15) is 0 Å². The summed E-state index contributed by atoms with van der Waals surface area (Å²) in [5, 5.41) is 5.61. The first-order chi connectivity index (χ1) is 13.5. The highest BCUT2D eigenvalue weighted by Gasteiger charge is 2.35. The number of halogens is 1. The van der Waals surface area contributed by atoms with Gasteiger partial charge in [-0.3, -0.25) is 10.1 Å². The third-order valence-electron chi connectivity index (χ3n) is 5.18. The molecule has 1 fully saturated rings. The van der Waals surface area contributed by atoms with E-state index < -0.39 is 12.1 Å². The van der Waals surface area contributed by atoms with Gasteiger partial charge in [0.2, 0.25) is 0 Å². The number of quaternary nitrogens is 1. The van der Waals surface area contributed by atoms with Gasteiger partial charge < -0.3 is 15.1 Å². The second-order valence-corrected chi connectivity index (χ2v) is 7.42. The average molecular weight is 402 g/mol. The fraction of sp³-hybridized carbons (Fsp3) is 0.333. The van der Waals surface area contributed by atoms with E-state index in [-0.39, 0.29) is 5.91 Å². The molecule has 3 N–H and O–H groups in total. The van der Waals surface area contributed by atoms with Gasteiger partial charge in [0.05, 0.1) is 26.2 Å². The van der Waals surface area contributed by atoms with Crippen LogP contribution in [0.2, 0.25) is 5.02 Å². The summed E-state index contributed by atoms with van der Waals surface area (Å²) in [5.41, 5.74) is 3.23. The molecule has 0 aromatic heterocycles. The zero-order valence-corrected chi connectivity index (χ0v) is 16.9. The van der Waals surface area contributed by atoms with Gasteiger partial charge in [-0.15, -0.1) is 0 Å². The van der Waals surface area contributed by atoms with Crippen molar-refractivity contribution in [3.05, 3.63) is 64.7 Å². The average Bonchev–Trinajstić information content (AvgIpc) is 2.71. The van der Waals surface area contributed by atoms with E-state index in [2.05, 4.69) is 22.5 Å². The van der Waals surface area contributed by atoms with E-state index in [1.54, 1.807) is 0 Å². The van der Waals surface area contributed by atoms with Crippen LogP contribution in [0.5, 0.6) is 0 Å². The molecule has 6 nitrogen and oxygen atoms in total. The lowest BCUT2D eigenvalue weighted by atomic mass is 10.0. The summed E-state index contributed by atoms with van der Waals surface area (Å²) < 4.78 is 0. The smallest absolute Gasteiger partial charge is 0.321 e. The number of hydrogen-bond donors (Lipinski definition) is 3. The maximum Gasteiger partial charge on any atom is 0.321 e. The molecule has 2 aromatic rings. The number of carbonyl (C=O) groups is 2. The van der Waals surface area contributed by atoms with Crippen molar-refractivity contribution in [1.29, 1.82) is 0 Å². The number of nitrogens with zero attached hydrogens (tertiary/aromatic N) is 1. The predicted molar refractivity (Wildman–Crippen MR) is 111 cm³/mol. The topological polar surface area (TPSA) is 65.9 Å². The van der Waals surface area contributed by atoms with Crippen LogP contribution in [0, 0.1) is 6.92 Å². The quantitative estimate of drug-likeness (QED) is 0.728. The molecule has 0 saturated carbocycles. The third kappa shape index (κ3) is 4.64. The summed E-state index contributed by atoms with van der Waals surface area (Å²) in [6, 6.07) is 14.6. The predicted octanol–water partition coefficient (Wildman–Crippen LogP) is 1.55. The Morgan fingerprint density at radius 1 is 1.11 bits per heavy atom. The number of anilines is 1. The van der Waals surface area contributed by atoms with E-state index in [4.69, 9.17) is 11.6 Å². The van der Waals surface area contributed by atoms with Crippen LogP contribution in [0.3, 0.4) is 0 Å². The van der Waals surface area contributed by atoms with Gasteiger partial charge in [0.1, 0.15) is 0 Å². The molecule has 148 valence electrons. The second-order valence-electron chi connectivity index (χ2n) is 6.99. The molecule has 0 aliphatic carbocycles. The Bertz CT molecular complexity index is 836. The molecule has 1 saturated heterocycles. The second kappa shape index (κ2) is 9.08. The number of imide groups is 1. The number of hydrogen-bond acceptors (Lipinski definition) is 3. The molecule has 1 heterocycles. The summed E-state index contributed by atoms with van der Waals surface area (Å²) in [7, 11) is 1.50. The van der Waals surface area contributed by atoms with E-state index in [1.807, 2.05) is 48.5 Å². The fourth-order valence-corrected chi connectivity index (χ4v) is 3.88. The van der Waals surface area contributed by atoms with Crippen molar-refractivity contribution in [1.82, 2.24) is 10.6 Å². The monoisotopic (exact) mass is 401 g/mol. The maximum atomic E-state index is 12.8. The lowest BCUT2D eigenvalue weighted by Gasteiger charge is -2.37. The largest absolute Gasteiger partial charge is 0.360 e. The summed E-state index contributed by atoms with van der Waals surface area (Å²) in [4.78, 5) is 28.0. The first-order valence-corrected chi connectivity index (χ1v) is 9.80. The van der Waals surface area contributed by atoms with Crippen molar-refractivity contribution in [2.75, 3.05) is 38.1 Å². The van der Waals surface area contributed by atoms with Crippen molar-refractivity contribution in [2.24, 2.45) is 0 Å². The molecule has 1 atom stereocenters. The standard InChI is InChI=1S/C21H25ClN4O2/c1-15-8-9-17(22)14-18(15)25-10-12-26(13-11-25)19(16-6-4-3-5-7-16)20(27)24-21(28)23-2/h3-9,14,19H,10-13H2,1-2H3,(H2,23,24,27,28)/p+1/t19-/m0/s1. The Hall–Kier alpha value is -2.57. The third-order valence-corrected chi connectivity index (χ3v) is 5.42. The van der Waals surface area contributed by atoms with Gasteiger partial charge in [0.15, 0.2) is 6.04 Å². The van der Waals surface area contributed by atoms with Crippen LogP contribution in [-0.4, -0.2) is 45.2 Å². The van der Waals surface area contributed by atoms with Crippen molar-refractivity contribution in [2.45, 2.75) is 13.0 Å². The van der Waals surface area contributed by atoms with Gasteiger partial charge in [-0.05, 0) is 24.6 Å². The summed E-state index contributed by atoms with van der Waals surface area (Å²) >= 11 is 6.18. The number of piperazine rings is 1. The van der Waals surface area contributed by atoms with Crippen LogP contribution in [0.1, 0.15) is 17.2 Å². The van der Waals surface area contributed by atoms with Gasteiger partial charge in [0.25, 0.3) is 5.91 Å². The minimum Gasteiger partial charge on any atom is -0.360 e. The van der Waals surface area contributed by atoms with Gasteiger partial charge in [-0.1, -0.05) is 48.0 Å². The van der Waals surface area contributed by atoms with Crippen molar-refractivity contribution >= 4 is 29.2 Å². The molecule has 1 aliphatic rings. The first kappa shape index (κ1) is 20.2. The van der Waals surface area contributed by atoms with Crippen LogP contribution in [0.15, 0.2) is 48.5 Å². The van der Waals surface area contributed by atoms with Crippen LogP contribution in [-0.2, 0) is 4.79 Å². The molecule has 28 heavy (non-hydrogen) atoms. The Morgan fingerprint density at radius 2 is 1.79 bits per heavy atom. The molecule has 0 spiro atoms. The van der Waals surface area contributed by atoms with Gasteiger partial charge >= 0.3 is 6.03 Å². The highest BCUT2D eigenvalue weighted by Crippen LogP contribution is 2.24. The molecule has 7 heteroatoms. The lowest BCUT2D eigenvalue weighted by Crippen LogP contribution is -3.16. The number of nitrogens with one attached hydrogen (secondary N) is 3. The molecule has 0 radical (unpaired) electrons. The highest BCUT2D eigenvalue weighted by molar-refractivity contribution is 6.30. The molecule has 3 rings (SSSR count). The number of rotatable bonds is 4. The molecular weight excluding hydrogens is 376 g/mol. The van der Waals surface area contributed by atoms with E-state index in [1.165, 1.54) is 12.6 Å². The van der Waals surface area contributed by atoms with E-state index >= 15 is 0 Å². The van der Waals surface area contributed by atoms with Gasteiger partial charge in [0, 0.05) is 23.3 Å². The maximum absolute atomic E-state index is 12.8. The molecule has 1 aliphatic heterocycles. The number of carbonyl (C=O) groups excluding carboxylic acids is 2. The Balaban J connectivity index is 1.76. The van der Waals surface area contributed by atoms with Crippen LogP contribution in [0.25, 0.3) is 0 Å².